The van der Waals surface area contributed by atoms with Crippen LogP contribution in [-0.2, 0) is 11.4 Å². The van der Waals surface area contributed by atoms with E-state index in [2.05, 4.69) is 4.84 Å². The Labute approximate surface area is 68.7 Å². The van der Waals surface area contributed by atoms with E-state index < -0.39 is 5.82 Å². The van der Waals surface area contributed by atoms with Crippen LogP contribution in [0.25, 0.3) is 0 Å². The zero-order valence-corrected chi connectivity index (χ0v) is 6.44. The first kappa shape index (κ1) is 8.46. The third-order valence-corrected chi connectivity index (χ3v) is 1.56. The van der Waals surface area contributed by atoms with Crippen molar-refractivity contribution in [1.29, 1.82) is 0 Å². The highest BCUT2D eigenvalue weighted by Gasteiger charge is 2.04. The molecule has 0 bridgehead atoms. The van der Waals surface area contributed by atoms with Crippen molar-refractivity contribution in [3.63, 3.8) is 0 Å². The smallest absolute Gasteiger partial charge is 0.147 e. The number of rotatable bonds is 2. The molecule has 0 atom stereocenters. The van der Waals surface area contributed by atoms with Crippen LogP contribution >= 0.6 is 11.6 Å². The van der Waals surface area contributed by atoms with E-state index in [0.717, 1.165) is 0 Å². The lowest BCUT2D eigenvalue weighted by molar-refractivity contribution is 0.121. The number of benzene rings is 1. The maximum Gasteiger partial charge on any atom is 0.147 e. The summed E-state index contributed by atoms with van der Waals surface area (Å²) in [4.78, 5) is 4.27. The molecule has 0 saturated carbocycles. The van der Waals surface area contributed by atoms with Gasteiger partial charge in [0.05, 0.1) is 11.6 Å². The predicted molar refractivity (Wildman–Crippen MR) is 40.4 cm³/mol. The number of nitrogens with two attached hydrogens (primary N) is 1. The first-order chi connectivity index (χ1) is 5.25. The summed E-state index contributed by atoms with van der Waals surface area (Å²) in [6.07, 6.45) is 0. The predicted octanol–water partition coefficient (Wildman–Crippen LogP) is 1.87. The molecule has 0 aliphatic rings. The van der Waals surface area contributed by atoms with Crippen LogP contribution in [0.5, 0.6) is 0 Å². The lowest BCUT2D eigenvalue weighted by Gasteiger charge is -2.01. The van der Waals surface area contributed by atoms with Gasteiger partial charge in [-0.1, -0.05) is 23.7 Å². The molecule has 0 amide bonds. The van der Waals surface area contributed by atoms with Gasteiger partial charge in [0.15, 0.2) is 0 Å². The molecule has 2 nitrogen and oxygen atoms in total. The van der Waals surface area contributed by atoms with E-state index in [1.165, 1.54) is 6.07 Å². The van der Waals surface area contributed by atoms with E-state index in [1.54, 1.807) is 12.1 Å². The van der Waals surface area contributed by atoms with Crippen molar-refractivity contribution in [2.75, 3.05) is 0 Å². The van der Waals surface area contributed by atoms with Gasteiger partial charge in [0.1, 0.15) is 5.82 Å². The topological polar surface area (TPSA) is 35.2 Å². The Kier molecular flexibility index (Phi) is 2.82. The minimum atomic E-state index is -0.473. The van der Waals surface area contributed by atoms with Gasteiger partial charge in [0.25, 0.3) is 0 Å². The second-order valence-corrected chi connectivity index (χ2v) is 2.43. The molecule has 0 heterocycles. The Balaban J connectivity index is 2.96. The minimum absolute atomic E-state index is 0.0341. The van der Waals surface area contributed by atoms with Gasteiger partial charge < -0.3 is 0 Å². The van der Waals surface area contributed by atoms with E-state index in [1.807, 2.05) is 0 Å². The molecule has 0 aliphatic heterocycles. The summed E-state index contributed by atoms with van der Waals surface area (Å²) < 4.78 is 12.9. The largest absolute Gasteiger partial charge is 0.300 e. The van der Waals surface area contributed by atoms with E-state index >= 15 is 0 Å². The van der Waals surface area contributed by atoms with Crippen molar-refractivity contribution < 1.29 is 9.23 Å². The van der Waals surface area contributed by atoms with Crippen molar-refractivity contribution in [3.05, 3.63) is 34.6 Å². The lowest BCUT2D eigenvalue weighted by Crippen LogP contribution is -2.01. The molecule has 0 aromatic heterocycles. The van der Waals surface area contributed by atoms with Gasteiger partial charge in [-0.25, -0.2) is 10.3 Å². The number of hydrogen-bond donors (Lipinski definition) is 1. The highest BCUT2D eigenvalue weighted by Crippen LogP contribution is 2.17. The van der Waals surface area contributed by atoms with Gasteiger partial charge in [-0.3, -0.25) is 4.84 Å². The molecular formula is C7H7ClFNO. The summed E-state index contributed by atoms with van der Waals surface area (Å²) in [5.74, 6) is 4.30. The van der Waals surface area contributed by atoms with Crippen LogP contribution in [0.15, 0.2) is 18.2 Å². The molecule has 0 aliphatic carbocycles. The number of halogens is 2. The summed E-state index contributed by atoms with van der Waals surface area (Å²) in [6, 6.07) is 4.67. The quantitative estimate of drug-likeness (QED) is 0.697. The highest BCUT2D eigenvalue weighted by atomic mass is 35.5. The molecule has 1 aromatic rings. The molecule has 0 spiro atoms. The van der Waals surface area contributed by atoms with E-state index in [4.69, 9.17) is 17.5 Å². The standard InChI is InChI=1S/C7H7ClFNO/c8-6-3-1-2-5(4-11-10)7(6)9/h1-3H,4,10H2. The average molecular weight is 176 g/mol. The van der Waals surface area contributed by atoms with Crippen molar-refractivity contribution in [2.45, 2.75) is 6.61 Å². The first-order valence-corrected chi connectivity index (χ1v) is 3.38. The van der Waals surface area contributed by atoms with Crippen molar-refractivity contribution in [3.8, 4) is 0 Å². The van der Waals surface area contributed by atoms with Gasteiger partial charge >= 0.3 is 0 Å². The molecule has 1 aromatic carbocycles. The second kappa shape index (κ2) is 3.67. The molecule has 0 saturated heterocycles. The molecule has 1 rings (SSSR count). The van der Waals surface area contributed by atoms with Crippen molar-refractivity contribution in [2.24, 2.45) is 5.90 Å². The van der Waals surface area contributed by atoms with Gasteiger partial charge in [-0.2, -0.15) is 0 Å². The van der Waals surface area contributed by atoms with Crippen molar-refractivity contribution >= 4 is 11.6 Å². The summed E-state index contributed by atoms with van der Waals surface area (Å²) in [7, 11) is 0. The maximum atomic E-state index is 12.9. The van der Waals surface area contributed by atoms with Gasteiger partial charge in [-0.05, 0) is 6.07 Å². The molecule has 0 radical (unpaired) electrons. The molecule has 2 N–H and O–H groups in total. The normalized spacial score (nSPS) is 10.1. The third-order valence-electron chi connectivity index (χ3n) is 1.27. The van der Waals surface area contributed by atoms with Crippen LogP contribution in [0, 0.1) is 5.82 Å². The highest BCUT2D eigenvalue weighted by molar-refractivity contribution is 6.30. The summed E-state index contributed by atoms with van der Waals surface area (Å²) in [5.41, 5.74) is 0.361. The Morgan fingerprint density at radius 1 is 1.55 bits per heavy atom. The fourth-order valence-corrected chi connectivity index (χ4v) is 0.944. The maximum absolute atomic E-state index is 12.9. The summed E-state index contributed by atoms with van der Waals surface area (Å²) in [5, 5.41) is 0.0829. The Bertz CT molecular complexity index is 254. The van der Waals surface area contributed by atoms with Gasteiger partial charge in [-0.15, -0.1) is 0 Å². The van der Waals surface area contributed by atoms with Gasteiger partial charge in [0, 0.05) is 5.56 Å². The van der Waals surface area contributed by atoms with Crippen LogP contribution < -0.4 is 5.90 Å². The fourth-order valence-electron chi connectivity index (χ4n) is 0.750. The van der Waals surface area contributed by atoms with Crippen LogP contribution in [-0.4, -0.2) is 0 Å². The SMILES string of the molecule is NOCc1cccc(Cl)c1F. The molecular weight excluding hydrogens is 169 g/mol. The molecule has 0 unspecified atom stereocenters. The third kappa shape index (κ3) is 1.89. The molecule has 11 heavy (non-hydrogen) atoms. The lowest BCUT2D eigenvalue weighted by atomic mass is 10.2. The Hall–Kier alpha value is -0.640. The van der Waals surface area contributed by atoms with E-state index in [-0.39, 0.29) is 11.6 Å². The summed E-state index contributed by atoms with van der Waals surface area (Å²) >= 11 is 5.48. The minimum Gasteiger partial charge on any atom is -0.300 e. The number of hydrogen-bond acceptors (Lipinski definition) is 2. The van der Waals surface area contributed by atoms with Crippen LogP contribution in [0.1, 0.15) is 5.56 Å². The second-order valence-electron chi connectivity index (χ2n) is 2.02. The zero-order valence-electron chi connectivity index (χ0n) is 5.68. The molecule has 60 valence electrons. The first-order valence-electron chi connectivity index (χ1n) is 3.00. The Morgan fingerprint density at radius 3 is 2.91 bits per heavy atom. The molecule has 0 fully saturated rings. The fraction of sp³-hybridized carbons (Fsp3) is 0.143. The van der Waals surface area contributed by atoms with Crippen LogP contribution in [0.3, 0.4) is 0 Å². The molecule has 4 heteroatoms. The summed E-state index contributed by atoms with van der Waals surface area (Å²) in [6.45, 7) is 0.0341. The van der Waals surface area contributed by atoms with Crippen LogP contribution in [0.4, 0.5) is 4.39 Å². The Morgan fingerprint density at radius 2 is 2.27 bits per heavy atom. The monoisotopic (exact) mass is 175 g/mol. The van der Waals surface area contributed by atoms with Crippen molar-refractivity contribution in [1.82, 2.24) is 0 Å². The zero-order chi connectivity index (χ0) is 8.27. The van der Waals surface area contributed by atoms with Crippen LogP contribution in [0.2, 0.25) is 5.02 Å². The van der Waals surface area contributed by atoms with Gasteiger partial charge in [0.2, 0.25) is 0 Å². The average Bonchev–Trinajstić information content (AvgIpc) is 1.99. The van der Waals surface area contributed by atoms with E-state index in [0.29, 0.717) is 5.56 Å². The van der Waals surface area contributed by atoms with E-state index in [9.17, 15) is 4.39 Å².